The number of allylic oxidation sites excluding steroid dienone is 2. The molecule has 1 aromatic carbocycles. The zero-order valence-corrected chi connectivity index (χ0v) is 13.3. The van der Waals surface area contributed by atoms with Gasteiger partial charge in [-0.25, -0.2) is 0 Å². The number of nitrogens with zero attached hydrogens (tertiary/aromatic N) is 1. The van der Waals surface area contributed by atoms with Crippen molar-refractivity contribution in [1.82, 2.24) is 9.55 Å². The smallest absolute Gasteiger partial charge is 0.178 e. The number of benzene rings is 1. The molecule has 0 amide bonds. The number of imidazole rings is 1. The molecule has 0 radical (unpaired) electrons. The zero-order valence-electron chi connectivity index (χ0n) is 12.5. The van der Waals surface area contributed by atoms with Crippen LogP contribution in [0.2, 0.25) is 0 Å². The lowest BCUT2D eigenvalue weighted by molar-refractivity contribution is 0.343. The number of hydrogen-bond acceptors (Lipinski definition) is 2. The van der Waals surface area contributed by atoms with Gasteiger partial charge in [0.25, 0.3) is 0 Å². The fourth-order valence-electron chi connectivity index (χ4n) is 3.04. The van der Waals surface area contributed by atoms with E-state index in [9.17, 15) is 0 Å². The van der Waals surface area contributed by atoms with Crippen molar-refractivity contribution in [2.45, 2.75) is 45.6 Å². The van der Waals surface area contributed by atoms with E-state index in [4.69, 9.17) is 17.0 Å². The highest BCUT2D eigenvalue weighted by molar-refractivity contribution is 7.71. The van der Waals surface area contributed by atoms with Gasteiger partial charge < -0.3 is 14.3 Å². The van der Waals surface area contributed by atoms with Gasteiger partial charge in [0.15, 0.2) is 4.77 Å². The predicted molar refractivity (Wildman–Crippen MR) is 89.5 cm³/mol. The predicted octanol–water partition coefficient (Wildman–Crippen LogP) is 4.99. The monoisotopic (exact) mass is 302 g/mol. The van der Waals surface area contributed by atoms with Crippen LogP contribution in [0.5, 0.6) is 5.75 Å². The fraction of sp³-hybridized carbons (Fsp3) is 0.471. The number of aromatic nitrogens is 2. The third-order valence-corrected chi connectivity index (χ3v) is 4.44. The van der Waals surface area contributed by atoms with Gasteiger partial charge in [-0.15, -0.1) is 0 Å². The third-order valence-electron chi connectivity index (χ3n) is 4.11. The van der Waals surface area contributed by atoms with Crippen molar-refractivity contribution in [3.63, 3.8) is 0 Å². The molecule has 1 aliphatic rings. The Morgan fingerprint density at radius 2 is 2.24 bits per heavy atom. The number of para-hydroxylation sites is 1. The topological polar surface area (TPSA) is 29.9 Å². The molecule has 21 heavy (non-hydrogen) atoms. The number of rotatable bonds is 5. The summed E-state index contributed by atoms with van der Waals surface area (Å²) in [6.07, 6.45) is 8.67. The Kier molecular flexibility index (Phi) is 4.44. The first-order valence-electron chi connectivity index (χ1n) is 7.82. The van der Waals surface area contributed by atoms with Crippen molar-refractivity contribution in [2.75, 3.05) is 6.61 Å². The van der Waals surface area contributed by atoms with E-state index in [0.717, 1.165) is 34.5 Å². The van der Waals surface area contributed by atoms with Crippen molar-refractivity contribution >= 4 is 23.3 Å². The molecule has 1 aromatic heterocycles. The van der Waals surface area contributed by atoms with Crippen LogP contribution in [0.25, 0.3) is 11.0 Å². The van der Waals surface area contributed by atoms with Crippen LogP contribution in [0.3, 0.4) is 0 Å². The maximum Gasteiger partial charge on any atom is 0.178 e. The highest BCUT2D eigenvalue weighted by Gasteiger charge is 2.10. The normalized spacial score (nSPS) is 15.2. The molecule has 0 fully saturated rings. The molecule has 3 nitrogen and oxygen atoms in total. The highest BCUT2D eigenvalue weighted by atomic mass is 32.1. The second-order valence-electron chi connectivity index (χ2n) is 5.52. The van der Waals surface area contributed by atoms with Crippen molar-refractivity contribution in [1.29, 1.82) is 0 Å². The van der Waals surface area contributed by atoms with Gasteiger partial charge in [-0.2, -0.15) is 0 Å². The number of H-pyrrole nitrogens is 1. The molecule has 4 heteroatoms. The van der Waals surface area contributed by atoms with Crippen LogP contribution >= 0.6 is 12.2 Å². The molecule has 0 bridgehead atoms. The number of hydrogen-bond donors (Lipinski definition) is 1. The molecule has 0 unspecified atom stereocenters. The van der Waals surface area contributed by atoms with Gasteiger partial charge in [0.2, 0.25) is 0 Å². The molecule has 0 aliphatic heterocycles. The van der Waals surface area contributed by atoms with Gasteiger partial charge in [0, 0.05) is 6.54 Å². The van der Waals surface area contributed by atoms with E-state index < -0.39 is 0 Å². The van der Waals surface area contributed by atoms with Gasteiger partial charge in [0.1, 0.15) is 11.3 Å². The fourth-order valence-corrected chi connectivity index (χ4v) is 3.33. The van der Waals surface area contributed by atoms with Crippen LogP contribution in [0.1, 0.15) is 39.0 Å². The molecule has 1 aliphatic carbocycles. The molecular weight excluding hydrogens is 280 g/mol. The molecule has 0 atom stereocenters. The van der Waals surface area contributed by atoms with E-state index in [1.54, 1.807) is 5.57 Å². The van der Waals surface area contributed by atoms with E-state index in [2.05, 4.69) is 21.7 Å². The van der Waals surface area contributed by atoms with Gasteiger partial charge >= 0.3 is 0 Å². The summed E-state index contributed by atoms with van der Waals surface area (Å²) in [5.74, 6) is 0.886. The van der Waals surface area contributed by atoms with Crippen molar-refractivity contribution in [3.8, 4) is 5.75 Å². The SMILES string of the molecule is CCOc1cccc2c1[nH]c(=S)n2CCC1=CCCCC1. The number of aromatic amines is 1. The van der Waals surface area contributed by atoms with Crippen LogP contribution in [-0.2, 0) is 6.54 Å². The molecule has 3 rings (SSSR count). The van der Waals surface area contributed by atoms with Gasteiger partial charge in [-0.1, -0.05) is 17.7 Å². The molecular formula is C17H22N2OS. The lowest BCUT2D eigenvalue weighted by atomic mass is 9.97. The van der Waals surface area contributed by atoms with Crippen LogP contribution in [0.15, 0.2) is 29.8 Å². The lowest BCUT2D eigenvalue weighted by Crippen LogP contribution is -2.01. The van der Waals surface area contributed by atoms with E-state index >= 15 is 0 Å². The van der Waals surface area contributed by atoms with E-state index in [0.29, 0.717) is 6.61 Å². The number of fused-ring (bicyclic) bond motifs is 1. The Bertz CT molecular complexity index is 711. The summed E-state index contributed by atoms with van der Waals surface area (Å²) < 4.78 is 8.66. The largest absolute Gasteiger partial charge is 0.492 e. The van der Waals surface area contributed by atoms with Crippen molar-refractivity contribution in [3.05, 3.63) is 34.6 Å². The molecule has 0 spiro atoms. The molecule has 1 N–H and O–H groups in total. The van der Waals surface area contributed by atoms with E-state index in [1.807, 2.05) is 19.1 Å². The van der Waals surface area contributed by atoms with Gasteiger partial charge in [-0.3, -0.25) is 0 Å². The molecule has 1 heterocycles. The summed E-state index contributed by atoms with van der Waals surface area (Å²) in [6, 6.07) is 6.14. The Morgan fingerprint density at radius 1 is 1.33 bits per heavy atom. The lowest BCUT2D eigenvalue weighted by Gasteiger charge is -2.13. The minimum atomic E-state index is 0.664. The summed E-state index contributed by atoms with van der Waals surface area (Å²) in [4.78, 5) is 3.30. The van der Waals surface area contributed by atoms with Crippen molar-refractivity contribution < 1.29 is 4.74 Å². The summed E-state index contributed by atoms with van der Waals surface area (Å²) >= 11 is 5.50. The van der Waals surface area contributed by atoms with E-state index in [-0.39, 0.29) is 0 Å². The minimum Gasteiger partial charge on any atom is -0.492 e. The zero-order chi connectivity index (χ0) is 14.7. The van der Waals surface area contributed by atoms with Gasteiger partial charge in [0.05, 0.1) is 12.1 Å². The van der Waals surface area contributed by atoms with Gasteiger partial charge in [-0.05, 0) is 63.4 Å². The van der Waals surface area contributed by atoms with E-state index in [1.165, 1.54) is 25.7 Å². The Labute approximate surface area is 130 Å². The summed E-state index contributed by atoms with van der Waals surface area (Å²) in [7, 11) is 0. The number of ether oxygens (including phenoxy) is 1. The van der Waals surface area contributed by atoms with Crippen LogP contribution in [-0.4, -0.2) is 16.2 Å². The molecule has 112 valence electrons. The standard InChI is InChI=1S/C17H22N2OS/c1-2-20-15-10-6-9-14-16(15)18-17(21)19(14)12-11-13-7-4-3-5-8-13/h6-7,9-10H,2-5,8,11-12H2,1H3,(H,18,21). The van der Waals surface area contributed by atoms with Crippen LogP contribution in [0, 0.1) is 4.77 Å². The first-order chi connectivity index (χ1) is 10.3. The maximum atomic E-state index is 5.68. The Balaban J connectivity index is 1.88. The quantitative estimate of drug-likeness (QED) is 0.623. The second kappa shape index (κ2) is 6.48. The second-order valence-corrected chi connectivity index (χ2v) is 5.91. The summed E-state index contributed by atoms with van der Waals surface area (Å²) in [6.45, 7) is 3.61. The molecule has 2 aromatic rings. The highest BCUT2D eigenvalue weighted by Crippen LogP contribution is 2.26. The number of aryl methyl sites for hydroxylation is 1. The summed E-state index contributed by atoms with van der Waals surface area (Å²) in [5.41, 5.74) is 3.74. The third kappa shape index (κ3) is 3.05. The van der Waals surface area contributed by atoms with Crippen LogP contribution < -0.4 is 4.74 Å². The minimum absolute atomic E-state index is 0.664. The van der Waals surface area contributed by atoms with Crippen molar-refractivity contribution in [2.24, 2.45) is 0 Å². The van der Waals surface area contributed by atoms with Crippen LogP contribution in [0.4, 0.5) is 0 Å². The number of nitrogens with one attached hydrogen (secondary N) is 1. The average Bonchev–Trinajstić information content (AvgIpc) is 2.83. The average molecular weight is 302 g/mol. The first kappa shape index (κ1) is 14.4. The first-order valence-corrected chi connectivity index (χ1v) is 8.22. The molecule has 0 saturated carbocycles. The Morgan fingerprint density at radius 3 is 3.00 bits per heavy atom. The maximum absolute atomic E-state index is 5.68. The Hall–Kier alpha value is -1.55. The summed E-state index contributed by atoms with van der Waals surface area (Å²) in [5, 5.41) is 0. The molecule has 0 saturated heterocycles.